The van der Waals surface area contributed by atoms with E-state index in [0.29, 0.717) is 17.9 Å². The lowest BCUT2D eigenvalue weighted by molar-refractivity contribution is 0.00272. The molecule has 2 fully saturated rings. The molecule has 1 aromatic carbocycles. The molecule has 0 radical (unpaired) electrons. The molecule has 0 aliphatic carbocycles. The van der Waals surface area contributed by atoms with Crippen LogP contribution in [0.1, 0.15) is 33.1 Å². The molecule has 2 saturated heterocycles. The number of guanidine groups is 1. The molecule has 0 amide bonds. The Hall–Kier alpha value is -1.26. The molecule has 188 valence electrons. The van der Waals surface area contributed by atoms with E-state index < -0.39 is 0 Å². The van der Waals surface area contributed by atoms with Crippen LogP contribution in [0.5, 0.6) is 5.75 Å². The first-order chi connectivity index (χ1) is 15.7. The molecule has 33 heavy (non-hydrogen) atoms. The third-order valence-corrected chi connectivity index (χ3v) is 7.07. The molecule has 2 atom stereocenters. The lowest BCUT2D eigenvalue weighted by Crippen LogP contribution is -2.53. The van der Waals surface area contributed by atoms with E-state index >= 15 is 0 Å². The van der Waals surface area contributed by atoms with Gasteiger partial charge in [0.2, 0.25) is 0 Å². The van der Waals surface area contributed by atoms with Crippen LogP contribution in [0.3, 0.4) is 0 Å². The monoisotopic (exact) mass is 573 g/mol. The van der Waals surface area contributed by atoms with Crippen molar-refractivity contribution in [3.8, 4) is 5.75 Å². The summed E-state index contributed by atoms with van der Waals surface area (Å²) < 4.78 is 11.0. The minimum Gasteiger partial charge on any atom is -0.497 e. The number of hydrogen-bond acceptors (Lipinski definition) is 5. The zero-order valence-corrected chi connectivity index (χ0v) is 23.2. The summed E-state index contributed by atoms with van der Waals surface area (Å²) in [6.45, 7) is 12.4. The summed E-state index contributed by atoms with van der Waals surface area (Å²) in [5.74, 6) is 3.12. The highest BCUT2D eigenvalue weighted by Crippen LogP contribution is 2.26. The third-order valence-electron chi connectivity index (χ3n) is 7.07. The number of methoxy groups -OCH3 is 1. The second-order valence-electron chi connectivity index (χ2n) is 8.93. The number of anilines is 1. The third kappa shape index (κ3) is 8.17. The maximum atomic E-state index is 5.58. The molecule has 0 aromatic heterocycles. The van der Waals surface area contributed by atoms with Crippen molar-refractivity contribution in [2.75, 3.05) is 71.5 Å². The fraction of sp³-hybridized carbons (Fsp3) is 0.720. The molecule has 2 aliphatic rings. The van der Waals surface area contributed by atoms with Gasteiger partial charge >= 0.3 is 0 Å². The van der Waals surface area contributed by atoms with E-state index in [2.05, 4.69) is 57.5 Å². The second kappa shape index (κ2) is 14.9. The topological polar surface area (TPSA) is 61.4 Å². The van der Waals surface area contributed by atoms with Gasteiger partial charge in [0.25, 0.3) is 0 Å². The highest BCUT2D eigenvalue weighted by Gasteiger charge is 2.27. The van der Waals surface area contributed by atoms with Gasteiger partial charge in [0.1, 0.15) is 5.75 Å². The van der Waals surface area contributed by atoms with E-state index in [9.17, 15) is 0 Å². The number of hydrogen-bond donors (Lipinski definition) is 2. The van der Waals surface area contributed by atoms with Crippen LogP contribution < -0.4 is 20.3 Å². The number of halogens is 1. The van der Waals surface area contributed by atoms with Crippen molar-refractivity contribution in [2.45, 2.75) is 39.2 Å². The molecule has 0 bridgehead atoms. The SMILES string of the molecule is CCC(CC)C(CNC(=NC)NCC1CCN(c2cccc(OC)c2)C1)N1CCOCC1.I. The molecule has 1 aromatic rings. The van der Waals surface area contributed by atoms with Crippen LogP contribution in [0, 0.1) is 11.8 Å². The minimum absolute atomic E-state index is 0. The normalized spacial score (nSPS) is 20.5. The summed E-state index contributed by atoms with van der Waals surface area (Å²) in [6.07, 6.45) is 3.59. The zero-order valence-electron chi connectivity index (χ0n) is 20.9. The molecule has 7 nitrogen and oxygen atoms in total. The van der Waals surface area contributed by atoms with E-state index in [1.165, 1.54) is 24.9 Å². The number of aliphatic imine (C=N–C) groups is 1. The van der Waals surface area contributed by atoms with Crippen LogP contribution in [0.4, 0.5) is 5.69 Å². The Kier molecular flexibility index (Phi) is 12.6. The first-order valence-electron chi connectivity index (χ1n) is 12.3. The molecule has 2 heterocycles. The van der Waals surface area contributed by atoms with E-state index in [4.69, 9.17) is 9.47 Å². The van der Waals surface area contributed by atoms with Gasteiger partial charge in [-0.15, -0.1) is 24.0 Å². The summed E-state index contributed by atoms with van der Waals surface area (Å²) in [5.41, 5.74) is 1.24. The van der Waals surface area contributed by atoms with Crippen molar-refractivity contribution in [3.05, 3.63) is 24.3 Å². The molecular weight excluding hydrogens is 529 g/mol. The fourth-order valence-electron chi connectivity index (χ4n) is 5.04. The van der Waals surface area contributed by atoms with Crippen molar-refractivity contribution in [1.82, 2.24) is 15.5 Å². The Morgan fingerprint density at radius 1 is 1.18 bits per heavy atom. The van der Waals surface area contributed by atoms with Crippen LogP contribution in [-0.4, -0.2) is 83.5 Å². The van der Waals surface area contributed by atoms with Crippen molar-refractivity contribution in [1.29, 1.82) is 0 Å². The predicted molar refractivity (Wildman–Crippen MR) is 148 cm³/mol. The number of morpholine rings is 1. The van der Waals surface area contributed by atoms with Gasteiger partial charge in [0, 0.05) is 64.1 Å². The zero-order chi connectivity index (χ0) is 22.8. The van der Waals surface area contributed by atoms with Crippen LogP contribution in [0.15, 0.2) is 29.3 Å². The van der Waals surface area contributed by atoms with Gasteiger partial charge in [-0.3, -0.25) is 9.89 Å². The maximum absolute atomic E-state index is 5.58. The van der Waals surface area contributed by atoms with Gasteiger partial charge < -0.3 is 25.0 Å². The molecule has 0 spiro atoms. The first-order valence-corrected chi connectivity index (χ1v) is 12.3. The number of nitrogens with zero attached hydrogens (tertiary/aromatic N) is 3. The van der Waals surface area contributed by atoms with Gasteiger partial charge in [-0.25, -0.2) is 0 Å². The van der Waals surface area contributed by atoms with Crippen LogP contribution in [0.25, 0.3) is 0 Å². The van der Waals surface area contributed by atoms with E-state index in [0.717, 1.165) is 64.2 Å². The standard InChI is InChI=1S/C25H43N5O2.HI/c1-5-21(6-2)24(29-12-14-32-15-13-29)18-28-25(26-3)27-17-20-10-11-30(19-20)22-8-7-9-23(16-22)31-4;/h7-9,16,20-21,24H,5-6,10-15,17-19H2,1-4H3,(H2,26,27,28);1H. The van der Waals surface area contributed by atoms with Gasteiger partial charge in [0.15, 0.2) is 5.96 Å². The average Bonchev–Trinajstić information content (AvgIpc) is 3.33. The lowest BCUT2D eigenvalue weighted by Gasteiger charge is -2.39. The molecule has 0 saturated carbocycles. The molecule has 2 N–H and O–H groups in total. The second-order valence-corrected chi connectivity index (χ2v) is 8.93. The Labute approximate surface area is 217 Å². The van der Waals surface area contributed by atoms with Gasteiger partial charge in [-0.05, 0) is 30.4 Å². The molecule has 2 aliphatic heterocycles. The summed E-state index contributed by atoms with van der Waals surface area (Å²) in [6, 6.07) is 8.88. The predicted octanol–water partition coefficient (Wildman–Crippen LogP) is 3.44. The highest BCUT2D eigenvalue weighted by atomic mass is 127. The van der Waals surface area contributed by atoms with E-state index in [1.807, 2.05) is 13.1 Å². The lowest BCUT2D eigenvalue weighted by atomic mass is 9.92. The van der Waals surface area contributed by atoms with Crippen molar-refractivity contribution >= 4 is 35.6 Å². The quantitative estimate of drug-likeness (QED) is 0.254. The van der Waals surface area contributed by atoms with Crippen molar-refractivity contribution in [3.63, 3.8) is 0 Å². The summed E-state index contributed by atoms with van der Waals surface area (Å²) in [7, 11) is 3.59. The van der Waals surface area contributed by atoms with E-state index in [1.54, 1.807) is 7.11 Å². The minimum atomic E-state index is 0. The van der Waals surface area contributed by atoms with Crippen LogP contribution >= 0.6 is 24.0 Å². The summed E-state index contributed by atoms with van der Waals surface area (Å²) in [5, 5.41) is 7.21. The van der Waals surface area contributed by atoms with Gasteiger partial charge in [0.05, 0.1) is 20.3 Å². The average molecular weight is 574 g/mol. The maximum Gasteiger partial charge on any atom is 0.191 e. The van der Waals surface area contributed by atoms with Crippen molar-refractivity contribution in [2.24, 2.45) is 16.8 Å². The highest BCUT2D eigenvalue weighted by molar-refractivity contribution is 14.0. The number of benzene rings is 1. The van der Waals surface area contributed by atoms with Crippen molar-refractivity contribution < 1.29 is 9.47 Å². The van der Waals surface area contributed by atoms with Crippen LogP contribution in [-0.2, 0) is 4.74 Å². The summed E-state index contributed by atoms with van der Waals surface area (Å²) >= 11 is 0. The van der Waals surface area contributed by atoms with Crippen LogP contribution in [0.2, 0.25) is 0 Å². The molecular formula is C25H44IN5O2. The molecule has 2 unspecified atom stereocenters. The Morgan fingerprint density at radius 2 is 1.94 bits per heavy atom. The smallest absolute Gasteiger partial charge is 0.191 e. The number of nitrogens with one attached hydrogen (secondary N) is 2. The Morgan fingerprint density at radius 3 is 2.61 bits per heavy atom. The number of ether oxygens (including phenoxy) is 2. The summed E-state index contributed by atoms with van der Waals surface area (Å²) in [4.78, 5) is 9.55. The molecule has 3 rings (SSSR count). The Balaban J connectivity index is 0.00000385. The number of rotatable bonds is 10. The largest absolute Gasteiger partial charge is 0.497 e. The van der Waals surface area contributed by atoms with Gasteiger partial charge in [-0.1, -0.05) is 32.8 Å². The van der Waals surface area contributed by atoms with Gasteiger partial charge in [-0.2, -0.15) is 0 Å². The Bertz CT molecular complexity index is 710. The molecule has 8 heteroatoms. The van der Waals surface area contributed by atoms with E-state index in [-0.39, 0.29) is 24.0 Å². The first kappa shape index (κ1) is 28.0. The fourth-order valence-corrected chi connectivity index (χ4v) is 5.04.